The highest BCUT2D eigenvalue weighted by Gasteiger charge is 2.31. The zero-order valence-corrected chi connectivity index (χ0v) is 13.9. The van der Waals surface area contributed by atoms with Crippen LogP contribution < -0.4 is 5.73 Å². The molecule has 0 aromatic heterocycles. The van der Waals surface area contributed by atoms with Gasteiger partial charge in [0.15, 0.2) is 0 Å². The van der Waals surface area contributed by atoms with Crippen LogP contribution in [0.4, 0.5) is 0 Å². The maximum atomic E-state index is 12.7. The average Bonchev–Trinajstić information content (AvgIpc) is 2.60. The normalized spacial score (nSPS) is 24.5. The van der Waals surface area contributed by atoms with E-state index >= 15 is 0 Å². The van der Waals surface area contributed by atoms with Gasteiger partial charge in [-0.25, -0.2) is 0 Å². The molecule has 1 aliphatic carbocycles. The maximum absolute atomic E-state index is 12.7. The number of ether oxygens (including phenoxy) is 1. The van der Waals surface area contributed by atoms with Gasteiger partial charge in [-0.3, -0.25) is 4.79 Å². The van der Waals surface area contributed by atoms with E-state index in [2.05, 4.69) is 0 Å². The molecule has 1 amide bonds. The third-order valence-corrected chi connectivity index (χ3v) is 4.99. The SMILES string of the molecule is COC1CCC(N(C)C(=O)[C@@H](C)[C@@H](N)c2ccccc2)CC1. The summed E-state index contributed by atoms with van der Waals surface area (Å²) >= 11 is 0. The van der Waals surface area contributed by atoms with Crippen molar-refractivity contribution in [2.45, 2.75) is 50.8 Å². The highest BCUT2D eigenvalue weighted by atomic mass is 16.5. The van der Waals surface area contributed by atoms with Gasteiger partial charge in [-0.2, -0.15) is 0 Å². The highest BCUT2D eigenvalue weighted by Crippen LogP contribution is 2.27. The van der Waals surface area contributed by atoms with Crippen LogP contribution in [0.2, 0.25) is 0 Å². The molecule has 0 saturated heterocycles. The Bertz CT molecular complexity index is 469. The number of nitrogens with two attached hydrogens (primary N) is 1. The molecule has 22 heavy (non-hydrogen) atoms. The van der Waals surface area contributed by atoms with Crippen molar-refractivity contribution in [3.05, 3.63) is 35.9 Å². The monoisotopic (exact) mass is 304 g/mol. The summed E-state index contributed by atoms with van der Waals surface area (Å²) in [5.74, 6) is -0.0789. The number of nitrogens with zero attached hydrogens (tertiary/aromatic N) is 1. The third-order valence-electron chi connectivity index (χ3n) is 4.99. The molecule has 0 bridgehead atoms. The summed E-state index contributed by atoms with van der Waals surface area (Å²) in [5.41, 5.74) is 7.30. The number of rotatable bonds is 5. The van der Waals surface area contributed by atoms with E-state index in [0.717, 1.165) is 31.2 Å². The Morgan fingerprint density at radius 2 is 1.82 bits per heavy atom. The fourth-order valence-corrected chi connectivity index (χ4v) is 3.29. The minimum Gasteiger partial charge on any atom is -0.381 e. The highest BCUT2D eigenvalue weighted by molar-refractivity contribution is 5.79. The van der Waals surface area contributed by atoms with Crippen molar-refractivity contribution < 1.29 is 9.53 Å². The Morgan fingerprint density at radius 3 is 2.36 bits per heavy atom. The van der Waals surface area contributed by atoms with Gasteiger partial charge in [-0.1, -0.05) is 37.3 Å². The summed E-state index contributed by atoms with van der Waals surface area (Å²) in [5, 5.41) is 0. The Kier molecular flexibility index (Phi) is 5.98. The van der Waals surface area contributed by atoms with Crippen molar-refractivity contribution in [2.75, 3.05) is 14.2 Å². The lowest BCUT2D eigenvalue weighted by atomic mass is 9.89. The van der Waals surface area contributed by atoms with Gasteiger partial charge in [0.25, 0.3) is 0 Å². The van der Waals surface area contributed by atoms with Crippen LogP contribution in [0.15, 0.2) is 30.3 Å². The molecule has 2 rings (SSSR count). The quantitative estimate of drug-likeness (QED) is 0.910. The summed E-state index contributed by atoms with van der Waals surface area (Å²) in [4.78, 5) is 14.6. The zero-order valence-electron chi connectivity index (χ0n) is 13.9. The van der Waals surface area contributed by atoms with E-state index in [9.17, 15) is 4.79 Å². The van der Waals surface area contributed by atoms with E-state index in [1.807, 2.05) is 49.2 Å². The topological polar surface area (TPSA) is 55.6 Å². The van der Waals surface area contributed by atoms with Crippen molar-refractivity contribution in [1.82, 2.24) is 4.90 Å². The summed E-state index contributed by atoms with van der Waals surface area (Å²) in [7, 11) is 3.68. The fraction of sp³-hybridized carbons (Fsp3) is 0.611. The Labute approximate surface area is 133 Å². The van der Waals surface area contributed by atoms with Crippen molar-refractivity contribution in [2.24, 2.45) is 11.7 Å². The number of carbonyl (C=O) groups excluding carboxylic acids is 1. The average molecular weight is 304 g/mol. The van der Waals surface area contributed by atoms with Crippen molar-refractivity contribution in [3.63, 3.8) is 0 Å². The molecule has 0 spiro atoms. The van der Waals surface area contributed by atoms with Crippen LogP contribution >= 0.6 is 0 Å². The van der Waals surface area contributed by atoms with Gasteiger partial charge in [0, 0.05) is 26.2 Å². The second-order valence-electron chi connectivity index (χ2n) is 6.34. The molecule has 1 fully saturated rings. The van der Waals surface area contributed by atoms with Crippen molar-refractivity contribution in [1.29, 1.82) is 0 Å². The lowest BCUT2D eigenvalue weighted by molar-refractivity contribution is -0.137. The summed E-state index contributed by atoms with van der Waals surface area (Å²) in [6, 6.07) is 9.90. The van der Waals surface area contributed by atoms with Crippen molar-refractivity contribution >= 4 is 5.91 Å². The molecule has 4 nitrogen and oxygen atoms in total. The van der Waals surface area contributed by atoms with Crippen LogP contribution in [-0.2, 0) is 9.53 Å². The molecule has 0 unspecified atom stereocenters. The van der Waals surface area contributed by atoms with E-state index in [1.54, 1.807) is 7.11 Å². The third kappa shape index (κ3) is 3.87. The van der Waals surface area contributed by atoms with Gasteiger partial charge in [0.05, 0.1) is 12.0 Å². The van der Waals surface area contributed by atoms with Gasteiger partial charge in [0.1, 0.15) is 0 Å². The maximum Gasteiger partial charge on any atom is 0.227 e. The molecule has 0 heterocycles. The molecule has 4 heteroatoms. The zero-order chi connectivity index (χ0) is 16.1. The number of hydrogen-bond donors (Lipinski definition) is 1. The van der Waals surface area contributed by atoms with Gasteiger partial charge in [-0.05, 0) is 31.2 Å². The van der Waals surface area contributed by atoms with Crippen LogP contribution in [0, 0.1) is 5.92 Å². The second-order valence-corrected chi connectivity index (χ2v) is 6.34. The van der Waals surface area contributed by atoms with E-state index in [4.69, 9.17) is 10.5 Å². The van der Waals surface area contributed by atoms with Crippen LogP contribution in [0.5, 0.6) is 0 Å². The molecule has 0 radical (unpaired) electrons. The van der Waals surface area contributed by atoms with Gasteiger partial charge < -0.3 is 15.4 Å². The van der Waals surface area contributed by atoms with E-state index in [1.165, 1.54) is 0 Å². The first-order valence-electron chi connectivity index (χ1n) is 8.14. The van der Waals surface area contributed by atoms with Crippen molar-refractivity contribution in [3.8, 4) is 0 Å². The first-order valence-corrected chi connectivity index (χ1v) is 8.14. The minimum absolute atomic E-state index is 0.136. The first-order chi connectivity index (χ1) is 10.5. The van der Waals surface area contributed by atoms with Crippen LogP contribution in [0.1, 0.15) is 44.2 Å². The molecule has 122 valence electrons. The fourth-order valence-electron chi connectivity index (χ4n) is 3.29. The van der Waals surface area contributed by atoms with E-state index in [-0.39, 0.29) is 17.9 Å². The van der Waals surface area contributed by atoms with Crippen LogP contribution in [0.3, 0.4) is 0 Å². The molecule has 2 atom stereocenters. The summed E-state index contributed by atoms with van der Waals surface area (Å²) < 4.78 is 5.40. The molecule has 0 aliphatic heterocycles. The molecule has 1 aromatic carbocycles. The largest absolute Gasteiger partial charge is 0.381 e. The summed E-state index contributed by atoms with van der Waals surface area (Å²) in [6.07, 6.45) is 4.42. The molecule has 1 saturated carbocycles. The molecular formula is C18H28N2O2. The van der Waals surface area contributed by atoms with Gasteiger partial charge in [0.2, 0.25) is 5.91 Å². The number of amides is 1. The molecule has 2 N–H and O–H groups in total. The number of methoxy groups -OCH3 is 1. The lowest BCUT2D eigenvalue weighted by Gasteiger charge is -2.36. The lowest BCUT2D eigenvalue weighted by Crippen LogP contribution is -2.44. The molecule has 1 aliphatic rings. The smallest absolute Gasteiger partial charge is 0.227 e. The first kappa shape index (κ1) is 17.0. The second kappa shape index (κ2) is 7.75. The van der Waals surface area contributed by atoms with Crippen LogP contribution in [-0.4, -0.2) is 37.1 Å². The Hall–Kier alpha value is -1.39. The number of hydrogen-bond acceptors (Lipinski definition) is 3. The standard InChI is InChI=1S/C18H28N2O2/c1-13(17(19)14-7-5-4-6-8-14)18(21)20(2)15-9-11-16(22-3)12-10-15/h4-8,13,15-17H,9-12,19H2,1-3H3/t13-,15?,16?,17+/m0/s1. The minimum atomic E-state index is -0.258. The molecular weight excluding hydrogens is 276 g/mol. The predicted molar refractivity (Wildman–Crippen MR) is 88.4 cm³/mol. The van der Waals surface area contributed by atoms with Gasteiger partial charge >= 0.3 is 0 Å². The Morgan fingerprint density at radius 1 is 1.23 bits per heavy atom. The van der Waals surface area contributed by atoms with Gasteiger partial charge in [-0.15, -0.1) is 0 Å². The summed E-state index contributed by atoms with van der Waals surface area (Å²) in [6.45, 7) is 1.93. The molecule has 1 aromatic rings. The van der Waals surface area contributed by atoms with Crippen LogP contribution in [0.25, 0.3) is 0 Å². The Balaban J connectivity index is 1.95. The predicted octanol–water partition coefficient (Wildman–Crippen LogP) is 2.74. The number of benzene rings is 1. The van der Waals surface area contributed by atoms with E-state index < -0.39 is 0 Å². The number of carbonyl (C=O) groups is 1. The van der Waals surface area contributed by atoms with E-state index in [0.29, 0.717) is 12.1 Å².